The van der Waals surface area contributed by atoms with Gasteiger partial charge in [-0.3, -0.25) is 20.6 Å². The maximum atomic E-state index is 11.4. The van der Waals surface area contributed by atoms with Crippen molar-refractivity contribution in [1.29, 1.82) is 0 Å². The van der Waals surface area contributed by atoms with Gasteiger partial charge < -0.3 is 5.73 Å². The molecule has 0 aliphatic rings. The Labute approximate surface area is 86.7 Å². The fourth-order valence-electron chi connectivity index (χ4n) is 0.910. The lowest BCUT2D eigenvalue weighted by Gasteiger charge is -2.07. The number of nitrogens with zero attached hydrogens (tertiary/aromatic N) is 1. The van der Waals surface area contributed by atoms with Crippen LogP contribution < -0.4 is 16.6 Å². The molecule has 0 fully saturated rings. The van der Waals surface area contributed by atoms with E-state index in [4.69, 9.17) is 5.73 Å². The maximum Gasteiger partial charge on any atom is 0.271 e. The van der Waals surface area contributed by atoms with Gasteiger partial charge in [0.2, 0.25) is 0 Å². The molecule has 0 aliphatic carbocycles. The first-order chi connectivity index (χ1) is 6.61. The van der Waals surface area contributed by atoms with Crippen LogP contribution in [0.25, 0.3) is 0 Å². The molecule has 1 aromatic heterocycles. The van der Waals surface area contributed by atoms with Crippen LogP contribution in [-0.2, 0) is 0 Å². The topological polar surface area (TPSA) is 80.0 Å². The number of pyridine rings is 1. The molecule has 0 aliphatic heterocycles. The molecule has 0 saturated heterocycles. The van der Waals surface area contributed by atoms with E-state index in [0.717, 1.165) is 0 Å². The summed E-state index contributed by atoms with van der Waals surface area (Å²) in [5, 5.41) is 0.0138. The van der Waals surface area contributed by atoms with Crippen LogP contribution in [-0.4, -0.2) is 16.0 Å². The molecule has 5 nitrogen and oxygen atoms in total. The van der Waals surface area contributed by atoms with Gasteiger partial charge in [-0.05, 0) is 31.3 Å². The predicted molar refractivity (Wildman–Crippen MR) is 56.4 cm³/mol. The molecule has 0 atom stereocenters. The Bertz CT molecular complexity index is 366. The van der Waals surface area contributed by atoms with E-state index in [9.17, 15) is 4.79 Å². The molecule has 14 heavy (non-hydrogen) atoms. The van der Waals surface area contributed by atoms with Gasteiger partial charge in [-0.25, -0.2) is 0 Å². The zero-order valence-corrected chi connectivity index (χ0v) is 8.39. The van der Waals surface area contributed by atoms with E-state index >= 15 is 0 Å². The lowest BCUT2D eigenvalue weighted by Crippen LogP contribution is -2.44. The van der Waals surface area contributed by atoms with Crippen molar-refractivity contribution in [3.05, 3.63) is 29.6 Å². The lowest BCUT2D eigenvalue weighted by atomic mass is 10.2. The monoisotopic (exact) mass is 210 g/mol. The van der Waals surface area contributed by atoms with E-state index in [-0.39, 0.29) is 11.0 Å². The van der Waals surface area contributed by atoms with E-state index in [0.29, 0.717) is 11.3 Å². The first-order valence-electron chi connectivity index (χ1n) is 3.88. The molecular formula is C8H10N4OS. The van der Waals surface area contributed by atoms with Gasteiger partial charge in [0.15, 0.2) is 5.11 Å². The van der Waals surface area contributed by atoms with Crippen LogP contribution >= 0.6 is 12.2 Å². The van der Waals surface area contributed by atoms with Gasteiger partial charge >= 0.3 is 0 Å². The molecule has 0 aromatic carbocycles. The fraction of sp³-hybridized carbons (Fsp3) is 0.125. The summed E-state index contributed by atoms with van der Waals surface area (Å²) in [6, 6.07) is 3.35. The molecule has 74 valence electrons. The summed E-state index contributed by atoms with van der Waals surface area (Å²) in [6.07, 6.45) is 1.62. The van der Waals surface area contributed by atoms with Crippen molar-refractivity contribution in [3.63, 3.8) is 0 Å². The third kappa shape index (κ3) is 2.67. The Balaban J connectivity index is 2.70. The third-order valence-electron chi connectivity index (χ3n) is 1.55. The Hall–Kier alpha value is -1.69. The molecule has 1 rings (SSSR count). The highest BCUT2D eigenvalue weighted by Gasteiger charge is 2.07. The maximum absolute atomic E-state index is 11.4. The molecular weight excluding hydrogens is 200 g/mol. The molecule has 6 heteroatoms. The summed E-state index contributed by atoms with van der Waals surface area (Å²) in [5.74, 6) is -0.316. The number of rotatable bonds is 1. The van der Waals surface area contributed by atoms with E-state index in [2.05, 4.69) is 28.1 Å². The van der Waals surface area contributed by atoms with E-state index < -0.39 is 0 Å². The molecule has 1 amide bonds. The standard InChI is InChI=1S/C8H10N4OS/c1-5-6(3-2-4-10-5)7(13)11-12-8(9)14/h2-4H,1H3,(H,11,13)(H3,9,12,14). The Morgan fingerprint density at radius 1 is 1.57 bits per heavy atom. The summed E-state index contributed by atoms with van der Waals surface area (Å²) >= 11 is 4.53. The number of amides is 1. The highest BCUT2D eigenvalue weighted by molar-refractivity contribution is 7.80. The molecule has 0 saturated carbocycles. The summed E-state index contributed by atoms with van der Waals surface area (Å²) in [5.41, 5.74) is 11.0. The SMILES string of the molecule is Cc1ncccc1C(=O)NNC(N)=S. The zero-order chi connectivity index (χ0) is 10.6. The van der Waals surface area contributed by atoms with Crippen LogP contribution in [0.1, 0.15) is 16.1 Å². The highest BCUT2D eigenvalue weighted by atomic mass is 32.1. The zero-order valence-electron chi connectivity index (χ0n) is 7.57. The molecule has 1 heterocycles. The number of hydrogen-bond acceptors (Lipinski definition) is 3. The fourth-order valence-corrected chi connectivity index (χ4v) is 0.961. The van der Waals surface area contributed by atoms with Gasteiger partial charge in [-0.1, -0.05) is 0 Å². The number of carbonyl (C=O) groups excluding carboxylic acids is 1. The first kappa shape index (κ1) is 10.4. The molecule has 0 unspecified atom stereocenters. The number of nitrogens with one attached hydrogen (secondary N) is 2. The van der Waals surface area contributed by atoms with Gasteiger partial charge in [0, 0.05) is 6.20 Å². The van der Waals surface area contributed by atoms with Gasteiger partial charge in [0.1, 0.15) is 0 Å². The second-order valence-corrected chi connectivity index (χ2v) is 3.02. The van der Waals surface area contributed by atoms with Crippen molar-refractivity contribution in [2.75, 3.05) is 0 Å². The van der Waals surface area contributed by atoms with Crippen LogP contribution in [0, 0.1) is 6.92 Å². The number of carbonyl (C=O) groups is 1. The van der Waals surface area contributed by atoms with Crippen LogP contribution in [0.15, 0.2) is 18.3 Å². The first-order valence-corrected chi connectivity index (χ1v) is 4.29. The smallest absolute Gasteiger partial charge is 0.271 e. The van der Waals surface area contributed by atoms with Crippen molar-refractivity contribution in [3.8, 4) is 0 Å². The number of thiocarbonyl (C=S) groups is 1. The quantitative estimate of drug-likeness (QED) is 0.444. The Morgan fingerprint density at radius 3 is 2.86 bits per heavy atom. The number of hydrogen-bond donors (Lipinski definition) is 3. The summed E-state index contributed by atoms with van der Waals surface area (Å²) < 4.78 is 0. The van der Waals surface area contributed by atoms with E-state index in [1.165, 1.54) is 0 Å². The van der Waals surface area contributed by atoms with Crippen LogP contribution in [0.3, 0.4) is 0 Å². The van der Waals surface area contributed by atoms with Gasteiger partial charge in [-0.2, -0.15) is 0 Å². The second kappa shape index (κ2) is 4.52. The minimum absolute atomic E-state index is 0.0138. The van der Waals surface area contributed by atoms with Gasteiger partial charge in [-0.15, -0.1) is 0 Å². The molecule has 4 N–H and O–H groups in total. The van der Waals surface area contributed by atoms with Crippen molar-refractivity contribution in [2.45, 2.75) is 6.92 Å². The largest absolute Gasteiger partial charge is 0.375 e. The molecule has 0 spiro atoms. The molecule has 1 aromatic rings. The summed E-state index contributed by atoms with van der Waals surface area (Å²) in [4.78, 5) is 15.4. The van der Waals surface area contributed by atoms with Crippen molar-refractivity contribution >= 4 is 23.2 Å². The number of hydrazine groups is 1. The number of nitrogens with two attached hydrogens (primary N) is 1. The summed E-state index contributed by atoms with van der Waals surface area (Å²) in [6.45, 7) is 1.75. The minimum atomic E-state index is -0.316. The highest BCUT2D eigenvalue weighted by Crippen LogP contribution is 2.01. The predicted octanol–water partition coefficient (Wildman–Crippen LogP) is -0.132. The van der Waals surface area contributed by atoms with Gasteiger partial charge in [0.25, 0.3) is 5.91 Å². The lowest BCUT2D eigenvalue weighted by molar-refractivity contribution is 0.0943. The van der Waals surface area contributed by atoms with Crippen molar-refractivity contribution in [2.24, 2.45) is 5.73 Å². The van der Waals surface area contributed by atoms with Crippen molar-refractivity contribution < 1.29 is 4.79 Å². The normalized spacial score (nSPS) is 9.21. The minimum Gasteiger partial charge on any atom is -0.375 e. The Morgan fingerprint density at radius 2 is 2.29 bits per heavy atom. The average Bonchev–Trinajstić information content (AvgIpc) is 2.15. The van der Waals surface area contributed by atoms with Crippen molar-refractivity contribution in [1.82, 2.24) is 15.8 Å². The molecule has 0 bridgehead atoms. The number of aryl methyl sites for hydroxylation is 1. The number of aromatic nitrogens is 1. The molecule has 0 radical (unpaired) electrons. The Kier molecular flexibility index (Phi) is 3.35. The van der Waals surface area contributed by atoms with E-state index in [1.54, 1.807) is 25.3 Å². The third-order valence-corrected chi connectivity index (χ3v) is 1.65. The van der Waals surface area contributed by atoms with Gasteiger partial charge in [0.05, 0.1) is 11.3 Å². The second-order valence-electron chi connectivity index (χ2n) is 2.58. The van der Waals surface area contributed by atoms with Crippen LogP contribution in [0.4, 0.5) is 0 Å². The average molecular weight is 210 g/mol. The van der Waals surface area contributed by atoms with E-state index in [1.807, 2.05) is 0 Å². The van der Waals surface area contributed by atoms with Crippen LogP contribution in [0.5, 0.6) is 0 Å². The summed E-state index contributed by atoms with van der Waals surface area (Å²) in [7, 11) is 0. The van der Waals surface area contributed by atoms with Crippen LogP contribution in [0.2, 0.25) is 0 Å².